The molecule has 0 unspecified atom stereocenters. The van der Waals surface area contributed by atoms with Crippen LogP contribution in [-0.4, -0.2) is 15.9 Å². The number of hydrogen-bond donors (Lipinski definition) is 2. The molecule has 2 aromatic heterocycles. The fraction of sp³-hybridized carbons (Fsp3) is 0.100. The molecular formula is C20H16ClN5O2. The summed E-state index contributed by atoms with van der Waals surface area (Å²) in [6, 6.07) is 13.9. The first-order chi connectivity index (χ1) is 13.7. The number of amides is 1. The van der Waals surface area contributed by atoms with Crippen molar-refractivity contribution in [2.75, 3.05) is 5.32 Å². The second-order valence-electron chi connectivity index (χ2n) is 5.75. The lowest BCUT2D eigenvalue weighted by molar-refractivity contribution is 0.0234. The van der Waals surface area contributed by atoms with Gasteiger partial charge in [0, 0.05) is 30.2 Å². The molecule has 0 fully saturated rings. The maximum absolute atomic E-state index is 12.5. The highest BCUT2D eigenvalue weighted by Crippen LogP contribution is 2.18. The average Bonchev–Trinajstić information content (AvgIpc) is 2.74. The summed E-state index contributed by atoms with van der Waals surface area (Å²) >= 11 is 6.10. The maximum Gasteiger partial charge on any atom is 0.278 e. The average molecular weight is 394 g/mol. The predicted molar refractivity (Wildman–Crippen MR) is 104 cm³/mol. The van der Waals surface area contributed by atoms with Crippen molar-refractivity contribution in [3.05, 3.63) is 88.3 Å². The molecule has 0 aliphatic heterocycles. The Bertz CT molecular complexity index is 1000. The van der Waals surface area contributed by atoms with Gasteiger partial charge in [-0.1, -0.05) is 17.7 Å². The number of benzene rings is 1. The third-order valence-corrected chi connectivity index (χ3v) is 4.19. The molecule has 3 aromatic rings. The van der Waals surface area contributed by atoms with E-state index in [1.165, 1.54) is 0 Å². The molecule has 140 valence electrons. The molecule has 28 heavy (non-hydrogen) atoms. The summed E-state index contributed by atoms with van der Waals surface area (Å²) in [4.78, 5) is 25.9. The van der Waals surface area contributed by atoms with E-state index >= 15 is 0 Å². The summed E-state index contributed by atoms with van der Waals surface area (Å²) in [7, 11) is 0. The fourth-order valence-electron chi connectivity index (χ4n) is 2.38. The van der Waals surface area contributed by atoms with Gasteiger partial charge in [0.1, 0.15) is 12.4 Å². The van der Waals surface area contributed by atoms with Gasteiger partial charge in [-0.15, -0.1) is 0 Å². The van der Waals surface area contributed by atoms with Crippen molar-refractivity contribution in [3.8, 4) is 6.07 Å². The Labute approximate surface area is 166 Å². The third kappa shape index (κ3) is 5.04. The van der Waals surface area contributed by atoms with Gasteiger partial charge in [0.2, 0.25) is 0 Å². The van der Waals surface area contributed by atoms with E-state index in [-0.39, 0.29) is 6.61 Å². The van der Waals surface area contributed by atoms with Crippen molar-refractivity contribution in [2.45, 2.75) is 13.2 Å². The van der Waals surface area contributed by atoms with Gasteiger partial charge in [-0.05, 0) is 47.5 Å². The zero-order chi connectivity index (χ0) is 19.8. The molecule has 2 heterocycles. The summed E-state index contributed by atoms with van der Waals surface area (Å²) in [6.45, 7) is 0.567. The van der Waals surface area contributed by atoms with Gasteiger partial charge >= 0.3 is 0 Å². The van der Waals surface area contributed by atoms with Crippen molar-refractivity contribution < 1.29 is 9.63 Å². The van der Waals surface area contributed by atoms with Crippen molar-refractivity contribution in [1.29, 1.82) is 5.26 Å². The minimum absolute atomic E-state index is 0.0658. The summed E-state index contributed by atoms with van der Waals surface area (Å²) in [5.74, 6) is 0.00640. The van der Waals surface area contributed by atoms with Crippen LogP contribution in [-0.2, 0) is 18.0 Å². The van der Waals surface area contributed by atoms with Crippen LogP contribution in [0.4, 0.5) is 5.82 Å². The Balaban J connectivity index is 1.59. The second kappa shape index (κ2) is 9.46. The lowest BCUT2D eigenvalue weighted by Gasteiger charge is -2.11. The van der Waals surface area contributed by atoms with Crippen LogP contribution in [0.1, 0.15) is 27.0 Å². The molecular weight excluding hydrogens is 378 g/mol. The first-order valence-electron chi connectivity index (χ1n) is 8.36. The molecule has 7 nitrogen and oxygen atoms in total. The summed E-state index contributed by atoms with van der Waals surface area (Å²) < 4.78 is 0. The predicted octanol–water partition coefficient (Wildman–Crippen LogP) is 3.48. The Kier molecular flexibility index (Phi) is 6.52. The standard InChI is InChI=1S/C20H16ClN5O2/c21-18-10-15(11-22)3-4-16(18)13-28-26-20(27)17-2-1-7-24-19(17)25-12-14-5-8-23-9-6-14/h1-10H,12-13H2,(H,24,25)(H,26,27). The number of anilines is 1. The number of nitriles is 1. The number of pyridine rings is 2. The molecule has 8 heteroatoms. The van der Waals surface area contributed by atoms with Gasteiger partial charge in [0.25, 0.3) is 5.91 Å². The highest BCUT2D eigenvalue weighted by atomic mass is 35.5. The number of nitrogens with one attached hydrogen (secondary N) is 2. The van der Waals surface area contributed by atoms with Crippen LogP contribution in [0.25, 0.3) is 0 Å². The van der Waals surface area contributed by atoms with E-state index in [4.69, 9.17) is 21.7 Å². The number of hydroxylamine groups is 1. The van der Waals surface area contributed by atoms with Gasteiger partial charge in [-0.2, -0.15) is 5.26 Å². The summed E-state index contributed by atoms with van der Waals surface area (Å²) in [5.41, 5.74) is 4.86. The smallest absolute Gasteiger partial charge is 0.278 e. The first-order valence-corrected chi connectivity index (χ1v) is 8.73. The van der Waals surface area contributed by atoms with E-state index in [9.17, 15) is 4.79 Å². The van der Waals surface area contributed by atoms with Crippen LogP contribution >= 0.6 is 11.6 Å². The van der Waals surface area contributed by atoms with E-state index in [1.807, 2.05) is 18.2 Å². The van der Waals surface area contributed by atoms with Gasteiger partial charge < -0.3 is 5.32 Å². The second-order valence-corrected chi connectivity index (χ2v) is 6.15. The molecule has 0 saturated carbocycles. The largest absolute Gasteiger partial charge is 0.365 e. The number of halogens is 1. The van der Waals surface area contributed by atoms with Crippen LogP contribution in [0.2, 0.25) is 5.02 Å². The van der Waals surface area contributed by atoms with E-state index in [1.54, 1.807) is 48.9 Å². The van der Waals surface area contributed by atoms with Crippen molar-refractivity contribution in [3.63, 3.8) is 0 Å². The fourth-order valence-corrected chi connectivity index (χ4v) is 2.62. The Hall–Kier alpha value is -3.47. The van der Waals surface area contributed by atoms with Crippen LogP contribution in [0.3, 0.4) is 0 Å². The minimum Gasteiger partial charge on any atom is -0.365 e. The van der Waals surface area contributed by atoms with Crippen LogP contribution in [0.5, 0.6) is 0 Å². The number of carbonyl (C=O) groups is 1. The lowest BCUT2D eigenvalue weighted by Crippen LogP contribution is -2.25. The van der Waals surface area contributed by atoms with Crippen molar-refractivity contribution in [1.82, 2.24) is 15.4 Å². The molecule has 2 N–H and O–H groups in total. The molecule has 1 aromatic carbocycles. The quantitative estimate of drug-likeness (QED) is 0.596. The monoisotopic (exact) mass is 393 g/mol. The molecule has 0 radical (unpaired) electrons. The molecule has 0 bridgehead atoms. The number of carbonyl (C=O) groups excluding carboxylic acids is 1. The molecule has 1 amide bonds. The highest BCUT2D eigenvalue weighted by Gasteiger charge is 2.13. The number of nitrogens with zero attached hydrogens (tertiary/aromatic N) is 3. The topological polar surface area (TPSA) is 99.9 Å². The number of aromatic nitrogens is 2. The SMILES string of the molecule is N#Cc1ccc(CONC(=O)c2cccnc2NCc2ccncc2)c(Cl)c1. The van der Waals surface area contributed by atoms with Crippen LogP contribution in [0.15, 0.2) is 61.1 Å². The highest BCUT2D eigenvalue weighted by molar-refractivity contribution is 6.31. The van der Waals surface area contributed by atoms with E-state index < -0.39 is 5.91 Å². The van der Waals surface area contributed by atoms with E-state index in [0.29, 0.717) is 34.1 Å². The number of hydrogen-bond acceptors (Lipinski definition) is 6. The summed E-state index contributed by atoms with van der Waals surface area (Å²) in [6.07, 6.45) is 5.00. The molecule has 0 atom stereocenters. The number of rotatable bonds is 7. The lowest BCUT2D eigenvalue weighted by atomic mass is 10.1. The maximum atomic E-state index is 12.5. The van der Waals surface area contributed by atoms with E-state index in [0.717, 1.165) is 5.56 Å². The molecule has 0 saturated heterocycles. The molecule has 0 aliphatic rings. The van der Waals surface area contributed by atoms with Crippen molar-refractivity contribution >= 4 is 23.3 Å². The van der Waals surface area contributed by atoms with Gasteiger partial charge in [0.05, 0.1) is 17.2 Å². The first kappa shape index (κ1) is 19.3. The van der Waals surface area contributed by atoms with Gasteiger partial charge in [-0.25, -0.2) is 10.5 Å². The van der Waals surface area contributed by atoms with Gasteiger partial charge in [-0.3, -0.25) is 14.6 Å². The van der Waals surface area contributed by atoms with Crippen LogP contribution in [0, 0.1) is 11.3 Å². The molecule has 3 rings (SSSR count). The van der Waals surface area contributed by atoms with Crippen molar-refractivity contribution in [2.24, 2.45) is 0 Å². The Morgan fingerprint density at radius 1 is 1.18 bits per heavy atom. The Morgan fingerprint density at radius 3 is 2.75 bits per heavy atom. The summed E-state index contributed by atoms with van der Waals surface area (Å²) in [5, 5.41) is 12.4. The normalized spacial score (nSPS) is 10.1. The molecule has 0 spiro atoms. The van der Waals surface area contributed by atoms with Gasteiger partial charge in [0.15, 0.2) is 0 Å². The Morgan fingerprint density at radius 2 is 2.00 bits per heavy atom. The van der Waals surface area contributed by atoms with E-state index in [2.05, 4.69) is 20.8 Å². The molecule has 0 aliphatic carbocycles. The van der Waals surface area contributed by atoms with Crippen LogP contribution < -0.4 is 10.8 Å². The minimum atomic E-state index is -0.435. The third-order valence-electron chi connectivity index (χ3n) is 3.84. The zero-order valence-electron chi connectivity index (χ0n) is 14.7. The zero-order valence-corrected chi connectivity index (χ0v) is 15.5.